The van der Waals surface area contributed by atoms with E-state index in [0.717, 1.165) is 24.8 Å². The molecular formula is C25H31NO3. The lowest BCUT2D eigenvalue weighted by atomic mass is 9.63. The topological polar surface area (TPSA) is 53.7 Å². The van der Waals surface area contributed by atoms with Gasteiger partial charge in [-0.05, 0) is 71.5 Å². The zero-order valence-corrected chi connectivity index (χ0v) is 18.1. The number of fused-ring (bicyclic) bond motifs is 2. The Morgan fingerprint density at radius 3 is 2.52 bits per heavy atom. The molecule has 0 radical (unpaired) electrons. The molecule has 0 saturated carbocycles. The Morgan fingerprint density at radius 1 is 1.14 bits per heavy atom. The van der Waals surface area contributed by atoms with E-state index in [-0.39, 0.29) is 16.9 Å². The van der Waals surface area contributed by atoms with Crippen molar-refractivity contribution in [3.05, 3.63) is 64.1 Å². The molecule has 1 aliphatic heterocycles. The summed E-state index contributed by atoms with van der Waals surface area (Å²) in [6, 6.07) is 9.01. The van der Waals surface area contributed by atoms with Crippen LogP contribution in [0.5, 0.6) is 0 Å². The van der Waals surface area contributed by atoms with Gasteiger partial charge < -0.3 is 9.52 Å². The van der Waals surface area contributed by atoms with Crippen LogP contribution in [0.4, 0.5) is 0 Å². The van der Waals surface area contributed by atoms with Crippen molar-refractivity contribution in [3.8, 4) is 0 Å². The maximum absolute atomic E-state index is 10.9. The van der Waals surface area contributed by atoms with Crippen LogP contribution in [0, 0.1) is 0 Å². The minimum atomic E-state index is -0.965. The summed E-state index contributed by atoms with van der Waals surface area (Å²) in [5, 5.41) is 8.92. The van der Waals surface area contributed by atoms with Gasteiger partial charge in [0.05, 0.1) is 6.04 Å². The molecule has 2 heterocycles. The molecule has 1 unspecified atom stereocenters. The lowest BCUT2D eigenvalue weighted by Gasteiger charge is -2.42. The molecule has 4 rings (SSSR count). The van der Waals surface area contributed by atoms with E-state index in [9.17, 15) is 4.79 Å². The number of rotatable bonds is 3. The molecule has 154 valence electrons. The normalized spacial score (nSPS) is 23.0. The average Bonchev–Trinajstić information content (AvgIpc) is 3.06. The SMILES string of the molecule is CN1CCc2cc(/C=C/C(=O)O)oc2C1c1ccc2c(c1)C(C)(C)CCC2(C)C. The number of carboxylic acid groups (broad SMARTS) is 1. The van der Waals surface area contributed by atoms with E-state index in [2.05, 4.69) is 57.8 Å². The van der Waals surface area contributed by atoms with Gasteiger partial charge in [0.2, 0.25) is 0 Å². The van der Waals surface area contributed by atoms with Crippen LogP contribution in [-0.4, -0.2) is 29.6 Å². The summed E-state index contributed by atoms with van der Waals surface area (Å²) in [4.78, 5) is 13.2. The van der Waals surface area contributed by atoms with Gasteiger partial charge in [0.15, 0.2) is 0 Å². The molecule has 2 aromatic rings. The molecule has 0 amide bonds. The van der Waals surface area contributed by atoms with E-state index in [1.807, 2.05) is 6.07 Å². The number of furan rings is 1. The van der Waals surface area contributed by atoms with Crippen LogP contribution in [-0.2, 0) is 22.0 Å². The number of nitrogens with zero attached hydrogens (tertiary/aromatic N) is 1. The smallest absolute Gasteiger partial charge is 0.328 e. The highest BCUT2D eigenvalue weighted by molar-refractivity contribution is 5.84. The second-order valence-corrected chi connectivity index (χ2v) is 9.92. The first-order valence-electron chi connectivity index (χ1n) is 10.5. The van der Waals surface area contributed by atoms with Crippen molar-refractivity contribution in [1.82, 2.24) is 4.90 Å². The van der Waals surface area contributed by atoms with Gasteiger partial charge >= 0.3 is 5.97 Å². The highest BCUT2D eigenvalue weighted by Crippen LogP contribution is 2.47. The summed E-state index contributed by atoms with van der Waals surface area (Å²) < 4.78 is 6.14. The van der Waals surface area contributed by atoms with Gasteiger partial charge in [0, 0.05) is 12.6 Å². The molecule has 4 heteroatoms. The van der Waals surface area contributed by atoms with E-state index in [1.165, 1.54) is 41.2 Å². The third-order valence-corrected chi connectivity index (χ3v) is 6.87. The Bertz CT molecular complexity index is 980. The number of likely N-dealkylation sites (N-methyl/N-ethyl adjacent to an activating group) is 1. The van der Waals surface area contributed by atoms with Gasteiger partial charge in [-0.1, -0.05) is 45.9 Å². The predicted molar refractivity (Wildman–Crippen MR) is 115 cm³/mol. The van der Waals surface area contributed by atoms with E-state index >= 15 is 0 Å². The highest BCUT2D eigenvalue weighted by atomic mass is 16.4. The molecular weight excluding hydrogens is 362 g/mol. The maximum atomic E-state index is 10.9. The molecule has 0 bridgehead atoms. The van der Waals surface area contributed by atoms with Crippen molar-refractivity contribution in [2.45, 2.75) is 63.8 Å². The molecule has 0 spiro atoms. The molecule has 0 saturated heterocycles. The van der Waals surface area contributed by atoms with Crippen LogP contribution in [0.1, 0.15) is 80.4 Å². The highest BCUT2D eigenvalue weighted by Gasteiger charge is 2.38. The van der Waals surface area contributed by atoms with E-state index in [1.54, 1.807) is 0 Å². The first kappa shape index (κ1) is 20.0. The largest absolute Gasteiger partial charge is 0.478 e. The fourth-order valence-corrected chi connectivity index (χ4v) is 4.94. The van der Waals surface area contributed by atoms with Gasteiger partial charge in [-0.25, -0.2) is 4.79 Å². The Kier molecular flexibility index (Phi) is 4.73. The van der Waals surface area contributed by atoms with Crippen LogP contribution in [0.15, 0.2) is 34.8 Å². The quantitative estimate of drug-likeness (QED) is 0.719. The summed E-state index contributed by atoms with van der Waals surface area (Å²) >= 11 is 0. The average molecular weight is 394 g/mol. The molecule has 4 nitrogen and oxygen atoms in total. The molecule has 1 N–H and O–H groups in total. The molecule has 1 aliphatic carbocycles. The molecule has 1 aromatic carbocycles. The van der Waals surface area contributed by atoms with Crippen molar-refractivity contribution in [3.63, 3.8) is 0 Å². The maximum Gasteiger partial charge on any atom is 0.328 e. The van der Waals surface area contributed by atoms with Gasteiger partial charge in [-0.15, -0.1) is 0 Å². The van der Waals surface area contributed by atoms with Crippen molar-refractivity contribution in [2.75, 3.05) is 13.6 Å². The third kappa shape index (κ3) is 3.55. The summed E-state index contributed by atoms with van der Waals surface area (Å²) in [5.74, 6) is 0.585. The summed E-state index contributed by atoms with van der Waals surface area (Å²) in [6.45, 7) is 10.3. The lowest BCUT2D eigenvalue weighted by Crippen LogP contribution is -2.35. The van der Waals surface area contributed by atoms with Crippen molar-refractivity contribution >= 4 is 12.0 Å². The number of hydrogen-bond acceptors (Lipinski definition) is 3. The van der Waals surface area contributed by atoms with E-state index < -0.39 is 5.97 Å². The third-order valence-electron chi connectivity index (χ3n) is 6.87. The fraction of sp³-hybridized carbons (Fsp3) is 0.480. The van der Waals surface area contributed by atoms with Crippen LogP contribution in [0.2, 0.25) is 0 Å². The predicted octanol–water partition coefficient (Wildman–Crippen LogP) is 5.30. The Balaban J connectivity index is 1.79. The number of hydrogen-bond donors (Lipinski definition) is 1. The minimum Gasteiger partial charge on any atom is -0.478 e. The van der Waals surface area contributed by atoms with Crippen LogP contribution < -0.4 is 0 Å². The fourth-order valence-electron chi connectivity index (χ4n) is 4.94. The monoisotopic (exact) mass is 393 g/mol. The second kappa shape index (κ2) is 6.88. The number of aliphatic carboxylic acids is 1. The first-order valence-corrected chi connectivity index (χ1v) is 10.5. The molecule has 0 fully saturated rings. The minimum absolute atomic E-state index is 0.0527. The van der Waals surface area contributed by atoms with Crippen LogP contribution in [0.3, 0.4) is 0 Å². The number of benzene rings is 1. The van der Waals surface area contributed by atoms with E-state index in [0.29, 0.717) is 5.76 Å². The van der Waals surface area contributed by atoms with Crippen LogP contribution in [0.25, 0.3) is 6.08 Å². The van der Waals surface area contributed by atoms with E-state index in [4.69, 9.17) is 9.52 Å². The van der Waals surface area contributed by atoms with Crippen molar-refractivity contribution < 1.29 is 14.3 Å². The number of carbonyl (C=O) groups is 1. The Hall–Kier alpha value is -2.33. The first-order chi connectivity index (χ1) is 13.6. The van der Waals surface area contributed by atoms with Crippen molar-refractivity contribution in [2.24, 2.45) is 0 Å². The van der Waals surface area contributed by atoms with Gasteiger partial charge in [-0.2, -0.15) is 0 Å². The molecule has 2 aliphatic rings. The molecule has 1 atom stereocenters. The summed E-state index contributed by atoms with van der Waals surface area (Å²) in [5.41, 5.74) is 5.70. The Labute approximate surface area is 173 Å². The second-order valence-electron chi connectivity index (χ2n) is 9.92. The van der Waals surface area contributed by atoms with Gasteiger partial charge in [-0.3, -0.25) is 4.90 Å². The summed E-state index contributed by atoms with van der Waals surface area (Å²) in [7, 11) is 2.14. The zero-order chi connectivity index (χ0) is 21.0. The van der Waals surface area contributed by atoms with Crippen molar-refractivity contribution in [1.29, 1.82) is 0 Å². The lowest BCUT2D eigenvalue weighted by molar-refractivity contribution is -0.131. The van der Waals surface area contributed by atoms with Gasteiger partial charge in [0.1, 0.15) is 11.5 Å². The zero-order valence-electron chi connectivity index (χ0n) is 18.1. The van der Waals surface area contributed by atoms with Gasteiger partial charge in [0.25, 0.3) is 0 Å². The molecule has 1 aromatic heterocycles. The number of carboxylic acids is 1. The van der Waals surface area contributed by atoms with Crippen LogP contribution >= 0.6 is 0 Å². The summed E-state index contributed by atoms with van der Waals surface area (Å²) in [6.07, 6.45) is 5.98. The Morgan fingerprint density at radius 2 is 1.83 bits per heavy atom. The molecule has 29 heavy (non-hydrogen) atoms. The standard InChI is InChI=1S/C25H31NO3/c1-24(2)11-12-25(3,4)20-15-16(6-8-19(20)24)22-23-17(10-13-26(22)5)14-18(29-23)7-9-21(27)28/h6-9,14-15,22H,10-13H2,1-5H3,(H,27,28)/b9-7+.